The minimum absolute atomic E-state index is 0.0114. The second-order valence-corrected chi connectivity index (χ2v) is 9.36. The first kappa shape index (κ1) is 26.1. The smallest absolute Gasteiger partial charge is 0.246 e. The van der Waals surface area contributed by atoms with Crippen LogP contribution in [0.3, 0.4) is 0 Å². The number of rotatable bonds is 8. The highest BCUT2D eigenvalue weighted by Gasteiger charge is 2.27. The lowest BCUT2D eigenvalue weighted by atomic mass is 9.98. The number of nitrogen functional groups attached to an aromatic ring is 1. The predicted molar refractivity (Wildman–Crippen MR) is 144 cm³/mol. The van der Waals surface area contributed by atoms with Gasteiger partial charge in [-0.2, -0.15) is 4.98 Å². The highest BCUT2D eigenvalue weighted by atomic mass is 35.5. The summed E-state index contributed by atoms with van der Waals surface area (Å²) in [6, 6.07) is 1.68. The number of benzene rings is 1. The maximum Gasteiger partial charge on any atom is 0.246 e. The van der Waals surface area contributed by atoms with E-state index in [0.29, 0.717) is 46.7 Å². The molecule has 4 rings (SSSR count). The molecule has 0 radical (unpaired) electrons. The normalized spacial score (nSPS) is 15.8. The summed E-state index contributed by atoms with van der Waals surface area (Å²) in [6.45, 7) is 8.84. The molecule has 1 saturated heterocycles. The molecule has 3 heterocycles. The van der Waals surface area contributed by atoms with Crippen LogP contribution in [0.1, 0.15) is 17.5 Å². The summed E-state index contributed by atoms with van der Waals surface area (Å²) in [5.74, 6) is 1.94. The molecule has 36 heavy (non-hydrogen) atoms. The Balaban J connectivity index is 1.53. The van der Waals surface area contributed by atoms with Crippen LogP contribution in [0.15, 0.2) is 24.9 Å². The molecule has 9 nitrogen and oxygen atoms in total. The van der Waals surface area contributed by atoms with E-state index < -0.39 is 0 Å². The van der Waals surface area contributed by atoms with E-state index in [9.17, 15) is 4.79 Å². The minimum atomic E-state index is -0.0114. The summed E-state index contributed by atoms with van der Waals surface area (Å²) in [6.07, 6.45) is 5.96. The van der Waals surface area contributed by atoms with Gasteiger partial charge in [0.2, 0.25) is 11.9 Å². The Kier molecular flexibility index (Phi) is 8.23. The number of ether oxygens (including phenoxy) is 2. The molecule has 11 heteroatoms. The van der Waals surface area contributed by atoms with E-state index in [1.54, 1.807) is 26.5 Å². The third-order valence-electron chi connectivity index (χ3n) is 6.46. The maximum atomic E-state index is 11.8. The zero-order valence-electron chi connectivity index (χ0n) is 20.5. The van der Waals surface area contributed by atoms with Crippen LogP contribution >= 0.6 is 23.2 Å². The van der Waals surface area contributed by atoms with Crippen molar-refractivity contribution in [2.24, 2.45) is 0 Å². The molecule has 0 bridgehead atoms. The largest absolute Gasteiger partial charge is 0.495 e. The van der Waals surface area contributed by atoms with E-state index in [0.717, 1.165) is 49.6 Å². The standard InChI is InChI=1S/C25H30Cl2N6O3/c1-4-20(34)32-10-8-31(9-11-32)6-5-7-33-15-17(12-16-14-29-25(28)30-24(16)33)21-22(26)18(35-2)13-19(36-3)23(21)27/h4,12-14H,1,5-11,15H2,2-3H3,(H2,28,29,30). The Morgan fingerprint density at radius 3 is 2.42 bits per heavy atom. The summed E-state index contributed by atoms with van der Waals surface area (Å²) in [5.41, 5.74) is 8.31. The topological polar surface area (TPSA) is 97.1 Å². The Morgan fingerprint density at radius 1 is 1.14 bits per heavy atom. The minimum Gasteiger partial charge on any atom is -0.495 e. The predicted octanol–water partition coefficient (Wildman–Crippen LogP) is 3.46. The lowest BCUT2D eigenvalue weighted by Crippen LogP contribution is -2.48. The molecule has 192 valence electrons. The van der Waals surface area contributed by atoms with Gasteiger partial charge in [-0.05, 0) is 30.7 Å². The average molecular weight is 533 g/mol. The molecule has 1 amide bonds. The van der Waals surface area contributed by atoms with Gasteiger partial charge in [-0.1, -0.05) is 29.8 Å². The van der Waals surface area contributed by atoms with Gasteiger partial charge in [0.1, 0.15) is 17.3 Å². The van der Waals surface area contributed by atoms with Gasteiger partial charge in [-0.3, -0.25) is 9.69 Å². The first-order valence-corrected chi connectivity index (χ1v) is 12.4. The van der Waals surface area contributed by atoms with Crippen molar-refractivity contribution < 1.29 is 14.3 Å². The lowest BCUT2D eigenvalue weighted by Gasteiger charge is -2.35. The zero-order valence-corrected chi connectivity index (χ0v) is 22.0. The summed E-state index contributed by atoms with van der Waals surface area (Å²) in [4.78, 5) is 26.9. The molecule has 1 fully saturated rings. The maximum absolute atomic E-state index is 11.8. The molecular formula is C25H30Cl2N6O3. The van der Waals surface area contributed by atoms with Crippen molar-refractivity contribution >= 4 is 52.5 Å². The van der Waals surface area contributed by atoms with Crippen LogP contribution in [0.4, 0.5) is 11.8 Å². The van der Waals surface area contributed by atoms with Crippen molar-refractivity contribution in [1.82, 2.24) is 19.8 Å². The number of hydrogen-bond donors (Lipinski definition) is 1. The Labute approximate surface area is 221 Å². The zero-order chi connectivity index (χ0) is 25.8. The quantitative estimate of drug-likeness (QED) is 0.516. The SMILES string of the molecule is C=CC(=O)N1CCN(CCCN2CC(c3c(Cl)c(OC)cc(OC)c3Cl)=Cc3cnc(N)nc32)CC1. The van der Waals surface area contributed by atoms with Gasteiger partial charge in [-0.25, -0.2) is 4.98 Å². The number of aromatic nitrogens is 2. The number of fused-ring (bicyclic) bond motifs is 1. The van der Waals surface area contributed by atoms with Gasteiger partial charge in [-0.15, -0.1) is 0 Å². The van der Waals surface area contributed by atoms with Crippen molar-refractivity contribution in [3.8, 4) is 11.5 Å². The number of hydrogen-bond acceptors (Lipinski definition) is 8. The van der Waals surface area contributed by atoms with Crippen molar-refractivity contribution in [2.75, 3.05) is 70.7 Å². The van der Waals surface area contributed by atoms with Crippen molar-refractivity contribution in [3.63, 3.8) is 0 Å². The number of anilines is 2. The molecule has 2 aliphatic rings. The summed E-state index contributed by atoms with van der Waals surface area (Å²) < 4.78 is 10.9. The van der Waals surface area contributed by atoms with Crippen LogP contribution in [0, 0.1) is 0 Å². The highest BCUT2D eigenvalue weighted by Crippen LogP contribution is 2.45. The van der Waals surface area contributed by atoms with Crippen LogP contribution in [0.25, 0.3) is 11.6 Å². The highest BCUT2D eigenvalue weighted by molar-refractivity contribution is 6.39. The van der Waals surface area contributed by atoms with Crippen molar-refractivity contribution in [2.45, 2.75) is 6.42 Å². The van der Waals surface area contributed by atoms with E-state index in [1.807, 2.05) is 11.0 Å². The Hall–Kier alpha value is -3.01. The van der Waals surface area contributed by atoms with E-state index in [2.05, 4.69) is 26.3 Å². The molecule has 0 spiro atoms. The fourth-order valence-corrected chi connectivity index (χ4v) is 5.32. The monoisotopic (exact) mass is 532 g/mol. The number of halogens is 2. The lowest BCUT2D eigenvalue weighted by molar-refractivity contribution is -0.127. The fourth-order valence-electron chi connectivity index (χ4n) is 4.57. The number of carbonyl (C=O) groups is 1. The Morgan fingerprint density at radius 2 is 1.81 bits per heavy atom. The number of amides is 1. The van der Waals surface area contributed by atoms with Crippen LogP contribution in [-0.2, 0) is 4.79 Å². The van der Waals surface area contributed by atoms with Gasteiger partial charge < -0.3 is 25.0 Å². The average Bonchev–Trinajstić information content (AvgIpc) is 2.89. The van der Waals surface area contributed by atoms with Crippen LogP contribution < -0.4 is 20.1 Å². The molecule has 1 aromatic heterocycles. The summed E-state index contributed by atoms with van der Waals surface area (Å²) in [5, 5.41) is 0.836. The van der Waals surface area contributed by atoms with Gasteiger partial charge in [0.25, 0.3) is 0 Å². The van der Waals surface area contributed by atoms with E-state index in [4.69, 9.17) is 38.4 Å². The molecule has 2 aromatic rings. The van der Waals surface area contributed by atoms with Crippen molar-refractivity contribution in [3.05, 3.63) is 46.1 Å². The van der Waals surface area contributed by atoms with Crippen LogP contribution in [0.5, 0.6) is 11.5 Å². The van der Waals surface area contributed by atoms with E-state index in [1.165, 1.54) is 6.08 Å². The molecule has 0 unspecified atom stereocenters. The van der Waals surface area contributed by atoms with E-state index in [-0.39, 0.29) is 11.9 Å². The van der Waals surface area contributed by atoms with Gasteiger partial charge in [0.15, 0.2) is 0 Å². The number of methoxy groups -OCH3 is 2. The molecule has 0 aliphatic carbocycles. The van der Waals surface area contributed by atoms with Gasteiger partial charge >= 0.3 is 0 Å². The molecule has 2 N–H and O–H groups in total. The summed E-state index contributed by atoms with van der Waals surface area (Å²) >= 11 is 13.4. The number of nitrogens with zero attached hydrogens (tertiary/aromatic N) is 5. The third-order valence-corrected chi connectivity index (χ3v) is 7.21. The molecule has 2 aliphatic heterocycles. The molecule has 0 atom stereocenters. The Bertz CT molecular complexity index is 1150. The number of nitrogens with two attached hydrogens (primary N) is 1. The summed E-state index contributed by atoms with van der Waals surface area (Å²) in [7, 11) is 3.11. The molecular weight excluding hydrogens is 503 g/mol. The number of carbonyl (C=O) groups excluding carboxylic acids is 1. The molecule has 1 aromatic carbocycles. The number of piperazine rings is 1. The molecule has 0 saturated carbocycles. The first-order chi connectivity index (χ1) is 17.4. The third kappa shape index (κ3) is 5.38. The first-order valence-electron chi connectivity index (χ1n) is 11.7. The van der Waals surface area contributed by atoms with Gasteiger partial charge in [0.05, 0.1) is 24.3 Å². The van der Waals surface area contributed by atoms with Crippen molar-refractivity contribution in [1.29, 1.82) is 0 Å². The van der Waals surface area contributed by atoms with Crippen LogP contribution in [-0.4, -0.2) is 85.7 Å². The van der Waals surface area contributed by atoms with Gasteiger partial charge in [0, 0.05) is 62.7 Å². The van der Waals surface area contributed by atoms with E-state index >= 15 is 0 Å². The van der Waals surface area contributed by atoms with Crippen LogP contribution in [0.2, 0.25) is 10.0 Å². The second kappa shape index (κ2) is 11.4. The fraction of sp³-hybridized carbons (Fsp3) is 0.400. The second-order valence-electron chi connectivity index (χ2n) is 8.61.